The number of aromatic hydroxyl groups is 1. The lowest BCUT2D eigenvalue weighted by Crippen LogP contribution is -2.32. The van der Waals surface area contributed by atoms with Crippen LogP contribution in [0.2, 0.25) is 0 Å². The molecule has 0 aromatic heterocycles. The fourth-order valence-electron chi connectivity index (χ4n) is 1.54. The molecule has 3 N–H and O–H groups in total. The molecule has 94 valence electrons. The molecule has 5 heteroatoms. The van der Waals surface area contributed by atoms with Crippen molar-refractivity contribution in [3.63, 3.8) is 0 Å². The average molecular weight is 239 g/mol. The number of nitrogens with one attached hydrogen (secondary N) is 1. The molecule has 17 heavy (non-hydrogen) atoms. The lowest BCUT2D eigenvalue weighted by Gasteiger charge is -2.13. The molecule has 1 aromatic rings. The molecule has 1 atom stereocenters. The van der Waals surface area contributed by atoms with Gasteiger partial charge in [-0.05, 0) is 31.0 Å². The summed E-state index contributed by atoms with van der Waals surface area (Å²) in [4.78, 5) is 10.4. The van der Waals surface area contributed by atoms with Crippen LogP contribution < -0.4 is 10.1 Å². The van der Waals surface area contributed by atoms with Crippen LogP contribution in [-0.2, 0) is 11.2 Å². The first-order valence-corrected chi connectivity index (χ1v) is 5.34. The van der Waals surface area contributed by atoms with E-state index in [0.29, 0.717) is 12.2 Å². The van der Waals surface area contributed by atoms with E-state index in [2.05, 4.69) is 5.32 Å². The summed E-state index contributed by atoms with van der Waals surface area (Å²) in [5.74, 6) is -0.351. The summed E-state index contributed by atoms with van der Waals surface area (Å²) in [6.07, 6.45) is 0.671. The lowest BCUT2D eigenvalue weighted by molar-refractivity contribution is -0.136. The zero-order valence-electron chi connectivity index (χ0n) is 9.93. The van der Waals surface area contributed by atoms with Gasteiger partial charge in [0.25, 0.3) is 0 Å². The zero-order valence-corrected chi connectivity index (χ0v) is 9.93. The van der Waals surface area contributed by atoms with Crippen molar-refractivity contribution in [3.8, 4) is 11.5 Å². The summed E-state index contributed by atoms with van der Waals surface area (Å²) in [5.41, 5.74) is 0.977. The predicted molar refractivity (Wildman–Crippen MR) is 63.5 cm³/mol. The number of ether oxygens (including phenoxy) is 1. The van der Waals surface area contributed by atoms with Crippen LogP contribution in [0.4, 0.5) is 0 Å². The first kappa shape index (κ1) is 13.3. The lowest BCUT2D eigenvalue weighted by atomic mass is 10.1. The summed E-state index contributed by atoms with van der Waals surface area (Å²) >= 11 is 0. The van der Waals surface area contributed by atoms with E-state index in [1.165, 1.54) is 7.11 Å². The highest BCUT2D eigenvalue weighted by atomic mass is 16.5. The Morgan fingerprint density at radius 2 is 2.24 bits per heavy atom. The Morgan fingerprint density at radius 3 is 2.82 bits per heavy atom. The summed E-state index contributed by atoms with van der Waals surface area (Å²) in [5, 5.41) is 20.8. The number of benzene rings is 1. The van der Waals surface area contributed by atoms with Gasteiger partial charge in [0.2, 0.25) is 0 Å². The molecule has 0 bridgehead atoms. The van der Waals surface area contributed by atoms with Gasteiger partial charge in [0.1, 0.15) is 0 Å². The molecule has 5 nitrogen and oxygen atoms in total. The third-order valence-corrected chi connectivity index (χ3v) is 2.39. The number of carboxylic acids is 1. The summed E-state index contributed by atoms with van der Waals surface area (Å²) in [6.45, 7) is 1.85. The topological polar surface area (TPSA) is 78.8 Å². The number of carboxylic acid groups (broad SMARTS) is 1. The van der Waals surface area contributed by atoms with Gasteiger partial charge in [-0.25, -0.2) is 0 Å². The number of rotatable bonds is 6. The SMILES string of the molecule is COc1cc(CC(C)NCC(=O)O)ccc1O. The monoisotopic (exact) mass is 239 g/mol. The Hall–Kier alpha value is -1.75. The maximum atomic E-state index is 10.4. The van der Waals surface area contributed by atoms with Crippen LogP contribution in [0.25, 0.3) is 0 Å². The third kappa shape index (κ3) is 4.32. The van der Waals surface area contributed by atoms with Crippen molar-refractivity contribution in [3.05, 3.63) is 23.8 Å². The van der Waals surface area contributed by atoms with Crippen molar-refractivity contribution in [2.75, 3.05) is 13.7 Å². The van der Waals surface area contributed by atoms with Crippen LogP contribution in [0.5, 0.6) is 11.5 Å². The van der Waals surface area contributed by atoms with Crippen molar-refractivity contribution < 1.29 is 19.7 Å². The first-order valence-electron chi connectivity index (χ1n) is 5.34. The number of phenols is 1. The molecule has 0 aliphatic carbocycles. The summed E-state index contributed by atoms with van der Waals surface area (Å²) < 4.78 is 5.00. The van der Waals surface area contributed by atoms with Gasteiger partial charge in [-0.2, -0.15) is 0 Å². The molecular formula is C12H17NO4. The largest absolute Gasteiger partial charge is 0.504 e. The highest BCUT2D eigenvalue weighted by molar-refractivity contribution is 5.69. The van der Waals surface area contributed by atoms with Crippen molar-refractivity contribution in [1.82, 2.24) is 5.32 Å². The van der Waals surface area contributed by atoms with Gasteiger partial charge in [-0.1, -0.05) is 6.07 Å². The van der Waals surface area contributed by atoms with Gasteiger partial charge in [0.05, 0.1) is 13.7 Å². The van der Waals surface area contributed by atoms with E-state index in [9.17, 15) is 9.90 Å². The van der Waals surface area contributed by atoms with Gasteiger partial charge >= 0.3 is 5.97 Å². The number of aliphatic carboxylic acids is 1. The second kappa shape index (κ2) is 6.10. The summed E-state index contributed by atoms with van der Waals surface area (Å²) in [6, 6.07) is 5.14. The maximum Gasteiger partial charge on any atom is 0.317 e. The van der Waals surface area contributed by atoms with Gasteiger partial charge < -0.3 is 20.3 Å². The Labute approximate surface area is 100 Å². The van der Waals surface area contributed by atoms with E-state index in [1.807, 2.05) is 6.92 Å². The second-order valence-corrected chi connectivity index (χ2v) is 3.89. The number of hydrogen-bond donors (Lipinski definition) is 3. The Morgan fingerprint density at radius 1 is 1.53 bits per heavy atom. The predicted octanol–water partition coefficient (Wildman–Crippen LogP) is 1.01. The first-order chi connectivity index (χ1) is 8.02. The minimum Gasteiger partial charge on any atom is -0.504 e. The average Bonchev–Trinajstić information content (AvgIpc) is 2.29. The van der Waals surface area contributed by atoms with Crippen LogP contribution in [0.1, 0.15) is 12.5 Å². The van der Waals surface area contributed by atoms with E-state index in [1.54, 1.807) is 18.2 Å². The van der Waals surface area contributed by atoms with Crippen LogP contribution >= 0.6 is 0 Å². The van der Waals surface area contributed by atoms with Gasteiger partial charge in [0.15, 0.2) is 11.5 Å². The molecule has 1 aromatic carbocycles. The van der Waals surface area contributed by atoms with E-state index in [-0.39, 0.29) is 18.3 Å². The number of phenolic OH excluding ortho intramolecular Hbond substituents is 1. The number of carbonyl (C=O) groups is 1. The normalized spacial score (nSPS) is 12.1. The standard InChI is InChI=1S/C12H17NO4/c1-8(13-7-12(15)16)5-9-3-4-10(14)11(6-9)17-2/h3-4,6,8,13-14H,5,7H2,1-2H3,(H,15,16). The molecule has 0 saturated carbocycles. The Balaban J connectivity index is 2.59. The Kier molecular flexibility index (Phi) is 4.78. The molecule has 0 amide bonds. The molecule has 0 aliphatic heterocycles. The second-order valence-electron chi connectivity index (χ2n) is 3.89. The van der Waals surface area contributed by atoms with Crippen molar-refractivity contribution >= 4 is 5.97 Å². The highest BCUT2D eigenvalue weighted by Crippen LogP contribution is 2.26. The minimum absolute atomic E-state index is 0.0420. The van der Waals surface area contributed by atoms with Crippen LogP contribution in [0.3, 0.4) is 0 Å². The smallest absolute Gasteiger partial charge is 0.317 e. The van der Waals surface area contributed by atoms with Crippen LogP contribution in [0.15, 0.2) is 18.2 Å². The minimum atomic E-state index is -0.875. The molecule has 0 aliphatic rings. The van der Waals surface area contributed by atoms with E-state index in [0.717, 1.165) is 5.56 Å². The Bertz CT molecular complexity index is 392. The molecular weight excluding hydrogens is 222 g/mol. The third-order valence-electron chi connectivity index (χ3n) is 2.39. The van der Waals surface area contributed by atoms with E-state index in [4.69, 9.17) is 9.84 Å². The molecule has 0 saturated heterocycles. The van der Waals surface area contributed by atoms with Crippen LogP contribution in [-0.4, -0.2) is 35.9 Å². The number of methoxy groups -OCH3 is 1. The molecule has 0 fully saturated rings. The molecule has 0 heterocycles. The van der Waals surface area contributed by atoms with Gasteiger partial charge in [0, 0.05) is 6.04 Å². The zero-order chi connectivity index (χ0) is 12.8. The molecule has 0 spiro atoms. The molecule has 1 rings (SSSR count). The van der Waals surface area contributed by atoms with Crippen molar-refractivity contribution in [1.29, 1.82) is 0 Å². The fraction of sp³-hybridized carbons (Fsp3) is 0.417. The van der Waals surface area contributed by atoms with Crippen molar-refractivity contribution in [2.45, 2.75) is 19.4 Å². The summed E-state index contributed by atoms with van der Waals surface area (Å²) in [7, 11) is 1.49. The van der Waals surface area contributed by atoms with Gasteiger partial charge in [-0.15, -0.1) is 0 Å². The molecule has 0 radical (unpaired) electrons. The van der Waals surface area contributed by atoms with E-state index >= 15 is 0 Å². The molecule has 1 unspecified atom stereocenters. The van der Waals surface area contributed by atoms with E-state index < -0.39 is 5.97 Å². The fourth-order valence-corrected chi connectivity index (χ4v) is 1.54. The number of hydrogen-bond acceptors (Lipinski definition) is 4. The highest BCUT2D eigenvalue weighted by Gasteiger charge is 2.08. The van der Waals surface area contributed by atoms with Crippen molar-refractivity contribution in [2.24, 2.45) is 0 Å². The van der Waals surface area contributed by atoms with Crippen LogP contribution in [0, 0.1) is 0 Å². The van der Waals surface area contributed by atoms with Gasteiger partial charge in [-0.3, -0.25) is 4.79 Å². The maximum absolute atomic E-state index is 10.4. The quantitative estimate of drug-likeness (QED) is 0.690.